The van der Waals surface area contributed by atoms with Crippen molar-refractivity contribution < 1.29 is 8.42 Å². The van der Waals surface area contributed by atoms with Crippen LogP contribution in [0.4, 0.5) is 5.69 Å². The highest BCUT2D eigenvalue weighted by Gasteiger charge is 2.37. The van der Waals surface area contributed by atoms with Crippen LogP contribution >= 0.6 is 0 Å². The smallest absolute Gasteiger partial charge is 0.167 e. The number of nitrogen functional groups attached to an aromatic ring is 1. The molecule has 1 aliphatic rings. The van der Waals surface area contributed by atoms with Gasteiger partial charge >= 0.3 is 0 Å². The average molecular weight is 255 g/mol. The number of nitrogens with one attached hydrogen (secondary N) is 2. The summed E-state index contributed by atoms with van der Waals surface area (Å²) in [5, 5.41) is -0.575. The first-order valence-corrected chi connectivity index (χ1v) is 7.31. The SMILES string of the molecule is CCS(=O)(=O)C1NNCC1c1cccc(N)c1. The molecule has 2 unspecified atom stereocenters. The lowest BCUT2D eigenvalue weighted by molar-refractivity contribution is 0.554. The highest BCUT2D eigenvalue weighted by molar-refractivity contribution is 7.92. The van der Waals surface area contributed by atoms with Gasteiger partial charge in [0.1, 0.15) is 5.37 Å². The summed E-state index contributed by atoms with van der Waals surface area (Å²) in [5.41, 5.74) is 13.1. The van der Waals surface area contributed by atoms with E-state index in [0.717, 1.165) is 5.56 Å². The van der Waals surface area contributed by atoms with Crippen molar-refractivity contribution in [1.29, 1.82) is 0 Å². The number of rotatable bonds is 3. The number of hydrogen-bond donors (Lipinski definition) is 3. The van der Waals surface area contributed by atoms with E-state index in [0.29, 0.717) is 12.2 Å². The summed E-state index contributed by atoms with van der Waals surface area (Å²) in [7, 11) is -3.12. The largest absolute Gasteiger partial charge is 0.399 e. The van der Waals surface area contributed by atoms with Crippen molar-refractivity contribution in [2.75, 3.05) is 18.0 Å². The van der Waals surface area contributed by atoms with E-state index in [4.69, 9.17) is 5.73 Å². The van der Waals surface area contributed by atoms with Gasteiger partial charge in [0, 0.05) is 23.9 Å². The first-order valence-electron chi connectivity index (χ1n) is 5.60. The summed E-state index contributed by atoms with van der Waals surface area (Å²) in [6.07, 6.45) is 0. The number of nitrogens with two attached hydrogens (primary N) is 1. The van der Waals surface area contributed by atoms with Crippen molar-refractivity contribution in [3.8, 4) is 0 Å². The van der Waals surface area contributed by atoms with Gasteiger partial charge in [-0.1, -0.05) is 19.1 Å². The molecule has 4 N–H and O–H groups in total. The normalized spacial score (nSPS) is 25.0. The van der Waals surface area contributed by atoms with Gasteiger partial charge in [-0.2, -0.15) is 0 Å². The number of hydrazine groups is 1. The zero-order valence-electron chi connectivity index (χ0n) is 9.68. The van der Waals surface area contributed by atoms with Crippen molar-refractivity contribution in [3.63, 3.8) is 0 Å². The minimum atomic E-state index is -3.12. The molecule has 0 radical (unpaired) electrons. The van der Waals surface area contributed by atoms with E-state index in [1.165, 1.54) is 0 Å². The van der Waals surface area contributed by atoms with E-state index in [-0.39, 0.29) is 11.7 Å². The van der Waals surface area contributed by atoms with E-state index in [9.17, 15) is 8.42 Å². The molecular formula is C11H17N3O2S. The van der Waals surface area contributed by atoms with Gasteiger partial charge in [-0.3, -0.25) is 5.43 Å². The molecule has 17 heavy (non-hydrogen) atoms. The molecule has 6 heteroatoms. The van der Waals surface area contributed by atoms with Crippen molar-refractivity contribution in [2.24, 2.45) is 0 Å². The molecule has 2 atom stereocenters. The zero-order valence-corrected chi connectivity index (χ0v) is 10.5. The molecule has 0 saturated carbocycles. The Hall–Kier alpha value is -1.11. The topological polar surface area (TPSA) is 84.2 Å². The van der Waals surface area contributed by atoms with Gasteiger partial charge < -0.3 is 5.73 Å². The van der Waals surface area contributed by atoms with Crippen molar-refractivity contribution in [2.45, 2.75) is 18.2 Å². The maximum absolute atomic E-state index is 11.9. The fourth-order valence-electron chi connectivity index (χ4n) is 2.08. The molecule has 1 saturated heterocycles. The Morgan fingerprint density at radius 3 is 2.88 bits per heavy atom. The van der Waals surface area contributed by atoms with Crippen LogP contribution in [-0.4, -0.2) is 26.1 Å². The number of hydrogen-bond acceptors (Lipinski definition) is 5. The number of sulfone groups is 1. The Balaban J connectivity index is 2.32. The molecule has 1 fully saturated rings. The van der Waals surface area contributed by atoms with Gasteiger partial charge in [-0.15, -0.1) is 0 Å². The fourth-order valence-corrected chi connectivity index (χ4v) is 3.45. The summed E-state index contributed by atoms with van der Waals surface area (Å²) in [4.78, 5) is 0. The summed E-state index contributed by atoms with van der Waals surface area (Å²) in [5.74, 6) is 0.0361. The van der Waals surface area contributed by atoms with Crippen LogP contribution in [0.3, 0.4) is 0 Å². The van der Waals surface area contributed by atoms with E-state index in [1.807, 2.05) is 18.2 Å². The van der Waals surface area contributed by atoms with Gasteiger partial charge in [0.25, 0.3) is 0 Å². The van der Waals surface area contributed by atoms with Gasteiger partial charge in [0.2, 0.25) is 0 Å². The highest BCUT2D eigenvalue weighted by atomic mass is 32.2. The molecule has 0 spiro atoms. The maximum Gasteiger partial charge on any atom is 0.167 e. The van der Waals surface area contributed by atoms with Crippen LogP contribution in [0.1, 0.15) is 18.4 Å². The second kappa shape index (κ2) is 4.64. The lowest BCUT2D eigenvalue weighted by atomic mass is 10.00. The Bertz CT molecular complexity index is 501. The lowest BCUT2D eigenvalue weighted by Crippen LogP contribution is -2.39. The van der Waals surface area contributed by atoms with Crippen LogP contribution in [-0.2, 0) is 9.84 Å². The molecular weight excluding hydrogens is 238 g/mol. The molecule has 0 aliphatic carbocycles. The van der Waals surface area contributed by atoms with Crippen LogP contribution < -0.4 is 16.6 Å². The molecule has 1 heterocycles. The summed E-state index contributed by atoms with van der Waals surface area (Å²) in [6.45, 7) is 2.25. The Morgan fingerprint density at radius 2 is 2.24 bits per heavy atom. The third kappa shape index (κ3) is 2.43. The molecule has 0 amide bonds. The predicted octanol–water partition coefficient (Wildman–Crippen LogP) is 0.221. The monoisotopic (exact) mass is 255 g/mol. The first-order chi connectivity index (χ1) is 8.04. The van der Waals surface area contributed by atoms with E-state index < -0.39 is 15.2 Å². The lowest BCUT2D eigenvalue weighted by Gasteiger charge is -2.18. The standard InChI is InChI=1S/C11H17N3O2S/c1-2-17(15,16)11-10(7-13-14-11)8-4-3-5-9(12)6-8/h3-6,10-11,13-14H,2,7,12H2,1H3. The molecule has 0 bridgehead atoms. The Labute approximate surface area is 101 Å². The molecule has 1 aromatic rings. The zero-order chi connectivity index (χ0) is 12.5. The average Bonchev–Trinajstić information content (AvgIpc) is 2.78. The highest BCUT2D eigenvalue weighted by Crippen LogP contribution is 2.27. The Kier molecular flexibility index (Phi) is 3.37. The molecule has 2 rings (SSSR count). The maximum atomic E-state index is 11.9. The summed E-state index contributed by atoms with van der Waals surface area (Å²) < 4.78 is 23.9. The minimum absolute atomic E-state index is 0.0940. The van der Waals surface area contributed by atoms with E-state index in [2.05, 4.69) is 10.9 Å². The molecule has 94 valence electrons. The van der Waals surface area contributed by atoms with Crippen LogP contribution in [0.25, 0.3) is 0 Å². The van der Waals surface area contributed by atoms with Gasteiger partial charge in [-0.25, -0.2) is 13.8 Å². The summed E-state index contributed by atoms with van der Waals surface area (Å²) >= 11 is 0. The van der Waals surface area contributed by atoms with Crippen LogP contribution in [0.2, 0.25) is 0 Å². The summed E-state index contributed by atoms with van der Waals surface area (Å²) in [6, 6.07) is 7.38. The van der Waals surface area contributed by atoms with Crippen LogP contribution in [0, 0.1) is 0 Å². The molecule has 1 aliphatic heterocycles. The minimum Gasteiger partial charge on any atom is -0.399 e. The van der Waals surface area contributed by atoms with Gasteiger partial charge in [0.05, 0.1) is 0 Å². The third-order valence-electron chi connectivity index (χ3n) is 3.06. The van der Waals surface area contributed by atoms with Crippen LogP contribution in [0.15, 0.2) is 24.3 Å². The quantitative estimate of drug-likeness (QED) is 0.673. The Morgan fingerprint density at radius 1 is 1.47 bits per heavy atom. The van der Waals surface area contributed by atoms with Gasteiger partial charge in [0.15, 0.2) is 9.84 Å². The first kappa shape index (κ1) is 12.3. The number of benzene rings is 1. The van der Waals surface area contributed by atoms with Crippen molar-refractivity contribution in [1.82, 2.24) is 10.9 Å². The fraction of sp³-hybridized carbons (Fsp3) is 0.455. The second-order valence-corrected chi connectivity index (χ2v) is 6.58. The van der Waals surface area contributed by atoms with E-state index >= 15 is 0 Å². The van der Waals surface area contributed by atoms with E-state index in [1.54, 1.807) is 13.0 Å². The van der Waals surface area contributed by atoms with Crippen molar-refractivity contribution in [3.05, 3.63) is 29.8 Å². The molecule has 1 aromatic carbocycles. The van der Waals surface area contributed by atoms with Crippen molar-refractivity contribution >= 4 is 15.5 Å². The van der Waals surface area contributed by atoms with Gasteiger partial charge in [-0.05, 0) is 17.7 Å². The second-order valence-electron chi connectivity index (χ2n) is 4.17. The predicted molar refractivity (Wildman–Crippen MR) is 68.0 cm³/mol. The third-order valence-corrected chi connectivity index (χ3v) is 5.08. The number of anilines is 1. The molecule has 5 nitrogen and oxygen atoms in total. The van der Waals surface area contributed by atoms with Crippen LogP contribution in [0.5, 0.6) is 0 Å². The molecule has 0 aromatic heterocycles.